The number of benzene rings is 3. The van der Waals surface area contributed by atoms with Crippen LogP contribution >= 0.6 is 45.2 Å². The van der Waals surface area contributed by atoms with Gasteiger partial charge in [0.05, 0.1) is 30.3 Å². The Morgan fingerprint density at radius 3 is 2.07 bits per heavy atom. The van der Waals surface area contributed by atoms with Crippen LogP contribution in [0.15, 0.2) is 66.9 Å². The molecule has 1 amide bonds. The second-order valence-corrected chi connectivity index (χ2v) is 12.5. The van der Waals surface area contributed by atoms with Crippen LogP contribution < -0.4 is 14.8 Å². The van der Waals surface area contributed by atoms with E-state index in [1.807, 2.05) is 82.4 Å². The van der Waals surface area contributed by atoms with Crippen LogP contribution in [0, 0.1) is 18.5 Å². The van der Waals surface area contributed by atoms with E-state index in [2.05, 4.69) is 61.6 Å². The molecule has 0 spiro atoms. The lowest BCUT2D eigenvalue weighted by atomic mass is 10.0. The van der Waals surface area contributed by atoms with Crippen molar-refractivity contribution >= 4 is 68.0 Å². The summed E-state index contributed by atoms with van der Waals surface area (Å²) in [4.78, 5) is 27.1. The van der Waals surface area contributed by atoms with Crippen molar-refractivity contribution in [2.75, 3.05) is 0 Å². The number of ether oxygens (including phenoxy) is 2. The number of carbonyl (C=O) groups is 2. The molecule has 8 nitrogen and oxygen atoms in total. The van der Waals surface area contributed by atoms with Gasteiger partial charge in [-0.05, 0) is 127 Å². The average molecular weight is 793 g/mol. The van der Waals surface area contributed by atoms with Gasteiger partial charge in [0.2, 0.25) is 0 Å². The monoisotopic (exact) mass is 793 g/mol. The number of nitrogens with zero attached hydrogens (tertiary/aromatic N) is 1. The number of nitrogens with one attached hydrogen (secondary N) is 2. The smallest absolute Gasteiger partial charge is 0.339 e. The molecule has 10 heteroatoms. The van der Waals surface area contributed by atoms with Crippen LogP contribution in [0.3, 0.4) is 0 Å². The standard InChI is InChI=1S/C22H22IN3O2.C10H11IO3/c1-14(2)28-21-8-7-16(23)12-19(21)22(27)26-17(9-10-24)11-15-13-25-20-6-4-3-5-18(15)20;1-6(2)14-9-4-3-7(11)5-8(9)10(12)13/h3-8,12-14,17,25H,9,11H2,1-2H3,(H,26,27);3-6H,1-2H3,(H,12,13). The molecule has 0 saturated carbocycles. The Kier molecular flexibility index (Phi) is 12.5. The number of carboxylic acid groups (broad SMARTS) is 1. The Morgan fingerprint density at radius 1 is 0.929 bits per heavy atom. The van der Waals surface area contributed by atoms with Gasteiger partial charge in [-0.3, -0.25) is 4.79 Å². The summed E-state index contributed by atoms with van der Waals surface area (Å²) in [5.74, 6) is -0.211. The third kappa shape index (κ3) is 9.62. The van der Waals surface area contributed by atoms with Crippen molar-refractivity contribution in [3.05, 3.63) is 90.7 Å². The van der Waals surface area contributed by atoms with E-state index < -0.39 is 5.97 Å². The number of aromatic carboxylic acids is 1. The van der Waals surface area contributed by atoms with Gasteiger partial charge in [-0.2, -0.15) is 5.26 Å². The Morgan fingerprint density at radius 2 is 1.50 bits per heavy atom. The molecular formula is C32H33I2N3O5. The first-order valence-electron chi connectivity index (χ1n) is 13.4. The molecular weight excluding hydrogens is 760 g/mol. The normalized spacial score (nSPS) is 11.4. The summed E-state index contributed by atoms with van der Waals surface area (Å²) in [5.41, 5.74) is 2.83. The van der Waals surface area contributed by atoms with Gasteiger partial charge in [-0.15, -0.1) is 0 Å². The van der Waals surface area contributed by atoms with E-state index in [1.165, 1.54) is 0 Å². The molecule has 0 saturated heterocycles. The van der Waals surface area contributed by atoms with E-state index in [-0.39, 0.29) is 36.1 Å². The predicted octanol–water partition coefficient (Wildman–Crippen LogP) is 7.59. The number of para-hydroxylation sites is 1. The molecule has 4 rings (SSSR count). The Labute approximate surface area is 273 Å². The molecule has 4 aromatic rings. The summed E-state index contributed by atoms with van der Waals surface area (Å²) < 4.78 is 13.0. The highest BCUT2D eigenvalue weighted by Crippen LogP contribution is 2.25. The molecule has 220 valence electrons. The number of aromatic amines is 1. The lowest BCUT2D eigenvalue weighted by molar-refractivity contribution is 0.0690. The number of amides is 1. The molecule has 0 fully saturated rings. The molecule has 0 radical (unpaired) electrons. The number of hydrogen-bond donors (Lipinski definition) is 3. The van der Waals surface area contributed by atoms with Gasteiger partial charge in [0, 0.05) is 30.3 Å². The average Bonchev–Trinajstić information content (AvgIpc) is 3.33. The molecule has 3 aromatic carbocycles. The van der Waals surface area contributed by atoms with E-state index in [4.69, 9.17) is 14.6 Å². The highest BCUT2D eigenvalue weighted by atomic mass is 127. The SMILES string of the molecule is CC(C)Oc1ccc(I)cc1C(=O)NC(CC#N)Cc1c[nH]c2ccccc12.CC(C)Oc1ccc(I)cc1C(=O)O. The van der Waals surface area contributed by atoms with Crippen LogP contribution in [-0.4, -0.2) is 40.2 Å². The van der Waals surface area contributed by atoms with Crippen molar-refractivity contribution in [1.29, 1.82) is 5.26 Å². The second-order valence-electron chi connectivity index (χ2n) is 10.0. The number of carboxylic acids is 1. The minimum atomic E-state index is -0.959. The van der Waals surface area contributed by atoms with Crippen molar-refractivity contribution < 1.29 is 24.2 Å². The maximum absolute atomic E-state index is 13.0. The van der Waals surface area contributed by atoms with Crippen molar-refractivity contribution in [1.82, 2.24) is 10.3 Å². The quantitative estimate of drug-likeness (QED) is 0.142. The number of rotatable bonds is 10. The van der Waals surface area contributed by atoms with E-state index in [0.717, 1.165) is 23.6 Å². The molecule has 1 unspecified atom stereocenters. The van der Waals surface area contributed by atoms with Crippen LogP contribution in [0.25, 0.3) is 10.9 Å². The summed E-state index contributed by atoms with van der Waals surface area (Å²) >= 11 is 4.24. The first kappa shape index (κ1) is 33.2. The van der Waals surface area contributed by atoms with Crippen molar-refractivity contribution in [3.8, 4) is 17.6 Å². The molecule has 0 aliphatic rings. The van der Waals surface area contributed by atoms with Gasteiger partial charge in [0.1, 0.15) is 17.1 Å². The van der Waals surface area contributed by atoms with Crippen LogP contribution in [0.2, 0.25) is 0 Å². The minimum absolute atomic E-state index is 0.0202. The largest absolute Gasteiger partial charge is 0.490 e. The van der Waals surface area contributed by atoms with Crippen molar-refractivity contribution in [3.63, 3.8) is 0 Å². The first-order chi connectivity index (χ1) is 20.0. The topological polar surface area (TPSA) is 124 Å². The van der Waals surface area contributed by atoms with E-state index in [1.54, 1.807) is 12.1 Å². The predicted molar refractivity (Wildman–Crippen MR) is 180 cm³/mol. The summed E-state index contributed by atoms with van der Waals surface area (Å²) in [5, 5.41) is 22.3. The number of aromatic nitrogens is 1. The fraction of sp³-hybridized carbons (Fsp3) is 0.281. The van der Waals surface area contributed by atoms with Crippen LogP contribution in [0.1, 0.15) is 60.4 Å². The molecule has 42 heavy (non-hydrogen) atoms. The number of carbonyl (C=O) groups excluding carboxylic acids is 1. The number of nitriles is 1. The van der Waals surface area contributed by atoms with E-state index in [9.17, 15) is 14.9 Å². The zero-order valence-corrected chi connectivity index (χ0v) is 28.1. The fourth-order valence-corrected chi connectivity index (χ4v) is 5.16. The molecule has 1 atom stereocenters. The number of hydrogen-bond acceptors (Lipinski definition) is 5. The molecule has 0 aliphatic carbocycles. The number of H-pyrrole nitrogens is 1. The summed E-state index contributed by atoms with van der Waals surface area (Å²) in [6.07, 6.45) is 2.70. The Balaban J connectivity index is 0.000000291. The first-order valence-corrected chi connectivity index (χ1v) is 15.5. The lowest BCUT2D eigenvalue weighted by Crippen LogP contribution is -2.36. The lowest BCUT2D eigenvalue weighted by Gasteiger charge is -2.18. The van der Waals surface area contributed by atoms with Crippen LogP contribution in [0.5, 0.6) is 11.5 Å². The molecule has 1 heterocycles. The van der Waals surface area contributed by atoms with Gasteiger partial charge in [-0.1, -0.05) is 18.2 Å². The van der Waals surface area contributed by atoms with E-state index >= 15 is 0 Å². The summed E-state index contributed by atoms with van der Waals surface area (Å²) in [6.45, 7) is 7.58. The fourth-order valence-electron chi connectivity index (χ4n) is 4.18. The third-order valence-electron chi connectivity index (χ3n) is 5.90. The van der Waals surface area contributed by atoms with Gasteiger partial charge >= 0.3 is 5.97 Å². The van der Waals surface area contributed by atoms with Crippen molar-refractivity contribution in [2.24, 2.45) is 0 Å². The highest BCUT2D eigenvalue weighted by molar-refractivity contribution is 14.1. The molecule has 1 aromatic heterocycles. The minimum Gasteiger partial charge on any atom is -0.490 e. The summed E-state index contributed by atoms with van der Waals surface area (Å²) in [6, 6.07) is 20.6. The number of halogens is 2. The molecule has 0 bridgehead atoms. The van der Waals surface area contributed by atoms with E-state index in [0.29, 0.717) is 23.5 Å². The van der Waals surface area contributed by atoms with Crippen molar-refractivity contribution in [2.45, 2.75) is 58.8 Å². The highest BCUT2D eigenvalue weighted by Gasteiger charge is 2.20. The second kappa shape index (κ2) is 15.8. The zero-order chi connectivity index (χ0) is 30.8. The van der Waals surface area contributed by atoms with Gasteiger partial charge in [0.15, 0.2) is 0 Å². The maximum Gasteiger partial charge on any atom is 0.339 e. The van der Waals surface area contributed by atoms with Crippen LogP contribution in [-0.2, 0) is 6.42 Å². The Hall–Kier alpha value is -3.31. The maximum atomic E-state index is 13.0. The summed E-state index contributed by atoms with van der Waals surface area (Å²) in [7, 11) is 0. The third-order valence-corrected chi connectivity index (χ3v) is 7.24. The molecule has 0 aliphatic heterocycles. The van der Waals surface area contributed by atoms with Gasteiger partial charge in [0.25, 0.3) is 5.91 Å². The Bertz CT molecular complexity index is 1580. The van der Waals surface area contributed by atoms with Gasteiger partial charge < -0.3 is 24.9 Å². The molecule has 3 N–H and O–H groups in total. The zero-order valence-electron chi connectivity index (χ0n) is 23.8. The van der Waals surface area contributed by atoms with Gasteiger partial charge in [-0.25, -0.2) is 4.79 Å². The van der Waals surface area contributed by atoms with Crippen LogP contribution in [0.4, 0.5) is 0 Å². The number of fused-ring (bicyclic) bond motifs is 1.